The first kappa shape index (κ1) is 16.4. The number of nitrogens with one attached hydrogen (secondary N) is 1. The lowest BCUT2D eigenvalue weighted by atomic mass is 9.49. The zero-order chi connectivity index (χ0) is 16.7. The van der Waals surface area contributed by atoms with Gasteiger partial charge in [0.1, 0.15) is 0 Å². The third-order valence-electron chi connectivity index (χ3n) is 6.12. The maximum atomic E-state index is 12.3. The van der Waals surface area contributed by atoms with E-state index in [1.54, 1.807) is 0 Å². The van der Waals surface area contributed by atoms with Crippen LogP contribution in [0, 0.1) is 37.0 Å². The molecule has 1 aromatic rings. The van der Waals surface area contributed by atoms with Crippen molar-refractivity contribution in [1.29, 1.82) is 0 Å². The summed E-state index contributed by atoms with van der Waals surface area (Å²) in [5.41, 5.74) is 2.32. The summed E-state index contributed by atoms with van der Waals surface area (Å²) in [6, 6.07) is 1.96. The predicted molar refractivity (Wildman–Crippen MR) is 95.8 cm³/mol. The van der Waals surface area contributed by atoms with Crippen molar-refractivity contribution >= 4 is 17.7 Å². The minimum atomic E-state index is 0.124. The van der Waals surface area contributed by atoms with E-state index in [0.717, 1.165) is 35.7 Å². The molecule has 0 saturated heterocycles. The third kappa shape index (κ3) is 3.46. The largest absolute Gasteiger partial charge is 0.355 e. The number of thioether (sulfide) groups is 1. The first-order valence-corrected chi connectivity index (χ1v) is 10.2. The van der Waals surface area contributed by atoms with Crippen LogP contribution in [0.3, 0.4) is 0 Å². The Labute approximate surface area is 148 Å². The van der Waals surface area contributed by atoms with Gasteiger partial charge in [0.05, 0.1) is 5.75 Å². The average molecular weight is 346 g/mol. The summed E-state index contributed by atoms with van der Waals surface area (Å²) in [7, 11) is 0. The van der Waals surface area contributed by atoms with Gasteiger partial charge in [-0.2, -0.15) is 0 Å². The zero-order valence-corrected chi connectivity index (χ0v) is 15.5. The maximum absolute atomic E-state index is 12.3. The number of hydrogen-bond donors (Lipinski definition) is 1. The van der Waals surface area contributed by atoms with Crippen LogP contribution in [0.2, 0.25) is 0 Å². The number of amides is 1. The van der Waals surface area contributed by atoms with Gasteiger partial charge >= 0.3 is 0 Å². The standard InChI is InChI=1S/C19H27N3OS/c1-12-3-13(2)22-18(21-12)24-10-17(23)20-11-19-7-14-4-15(8-19)6-16(5-14)9-19/h3,14-16H,4-11H2,1-2H3,(H,20,23). The fraction of sp³-hybridized carbons (Fsp3) is 0.737. The van der Waals surface area contributed by atoms with E-state index in [2.05, 4.69) is 15.3 Å². The number of carbonyl (C=O) groups excluding carboxylic acids is 1. The van der Waals surface area contributed by atoms with Crippen LogP contribution in [0.25, 0.3) is 0 Å². The van der Waals surface area contributed by atoms with Crippen molar-refractivity contribution in [1.82, 2.24) is 15.3 Å². The fourth-order valence-electron chi connectivity index (χ4n) is 5.73. The Kier molecular flexibility index (Phi) is 4.31. The first-order chi connectivity index (χ1) is 11.5. The molecule has 1 aromatic heterocycles. The van der Waals surface area contributed by atoms with Gasteiger partial charge in [0.25, 0.3) is 0 Å². The van der Waals surface area contributed by atoms with E-state index >= 15 is 0 Å². The van der Waals surface area contributed by atoms with Gasteiger partial charge in [-0.1, -0.05) is 11.8 Å². The Bertz CT molecular complexity index is 590. The minimum absolute atomic E-state index is 0.124. The average Bonchev–Trinajstić information content (AvgIpc) is 2.49. The number of rotatable bonds is 5. The molecule has 4 saturated carbocycles. The highest BCUT2D eigenvalue weighted by molar-refractivity contribution is 7.99. The lowest BCUT2D eigenvalue weighted by Crippen LogP contribution is -2.51. The number of aromatic nitrogens is 2. The minimum Gasteiger partial charge on any atom is -0.355 e. The molecule has 1 N–H and O–H groups in total. The second kappa shape index (κ2) is 6.32. The molecule has 4 aliphatic carbocycles. The highest BCUT2D eigenvalue weighted by Crippen LogP contribution is 2.59. The molecule has 0 aliphatic heterocycles. The van der Waals surface area contributed by atoms with Crippen molar-refractivity contribution in [3.8, 4) is 0 Å². The van der Waals surface area contributed by atoms with Crippen LogP contribution in [-0.2, 0) is 4.79 Å². The van der Waals surface area contributed by atoms with Crippen molar-refractivity contribution in [2.24, 2.45) is 23.2 Å². The molecule has 0 spiro atoms. The van der Waals surface area contributed by atoms with Crippen LogP contribution in [0.5, 0.6) is 0 Å². The van der Waals surface area contributed by atoms with Gasteiger partial charge in [0, 0.05) is 17.9 Å². The van der Waals surface area contributed by atoms with Gasteiger partial charge in [-0.25, -0.2) is 9.97 Å². The second-order valence-electron chi connectivity index (χ2n) is 8.42. The molecule has 0 atom stereocenters. The van der Waals surface area contributed by atoms with Crippen LogP contribution in [0.1, 0.15) is 49.9 Å². The number of carbonyl (C=O) groups is 1. The van der Waals surface area contributed by atoms with E-state index in [0.29, 0.717) is 16.3 Å². The first-order valence-electron chi connectivity index (χ1n) is 9.21. The van der Waals surface area contributed by atoms with E-state index in [1.165, 1.54) is 50.3 Å². The molecule has 1 heterocycles. The molecular weight excluding hydrogens is 318 g/mol. The number of aryl methyl sites for hydroxylation is 2. The van der Waals surface area contributed by atoms with Crippen LogP contribution < -0.4 is 5.32 Å². The van der Waals surface area contributed by atoms with Gasteiger partial charge in [-0.15, -0.1) is 0 Å². The highest BCUT2D eigenvalue weighted by Gasteiger charge is 2.50. The molecule has 5 heteroatoms. The number of nitrogens with zero attached hydrogens (tertiary/aromatic N) is 2. The molecule has 0 unspecified atom stereocenters. The van der Waals surface area contributed by atoms with E-state index < -0.39 is 0 Å². The maximum Gasteiger partial charge on any atom is 0.230 e. The van der Waals surface area contributed by atoms with Crippen molar-refractivity contribution in [3.05, 3.63) is 17.5 Å². The Hall–Kier alpha value is -1.10. The molecular formula is C19H27N3OS. The van der Waals surface area contributed by atoms with Crippen LogP contribution in [0.15, 0.2) is 11.2 Å². The number of hydrogen-bond acceptors (Lipinski definition) is 4. The van der Waals surface area contributed by atoms with Crippen LogP contribution in [0.4, 0.5) is 0 Å². The fourth-order valence-corrected chi connectivity index (χ4v) is 6.51. The third-order valence-corrected chi connectivity index (χ3v) is 6.97. The smallest absolute Gasteiger partial charge is 0.230 e. The SMILES string of the molecule is Cc1cc(C)nc(SCC(=O)NCC23CC4CC(CC(C4)C2)C3)n1. The monoisotopic (exact) mass is 345 g/mol. The molecule has 0 radical (unpaired) electrons. The summed E-state index contributed by atoms with van der Waals surface area (Å²) < 4.78 is 0. The lowest BCUT2D eigenvalue weighted by Gasteiger charge is -2.56. The molecule has 4 bridgehead atoms. The summed E-state index contributed by atoms with van der Waals surface area (Å²) >= 11 is 1.44. The molecule has 1 amide bonds. The van der Waals surface area contributed by atoms with Gasteiger partial charge < -0.3 is 5.32 Å². The zero-order valence-electron chi connectivity index (χ0n) is 14.7. The van der Waals surface area contributed by atoms with E-state index in [4.69, 9.17) is 0 Å². The molecule has 0 aromatic carbocycles. The van der Waals surface area contributed by atoms with Crippen LogP contribution >= 0.6 is 11.8 Å². The van der Waals surface area contributed by atoms with Gasteiger partial charge in [-0.3, -0.25) is 4.79 Å². The van der Waals surface area contributed by atoms with Gasteiger partial charge in [0.2, 0.25) is 5.91 Å². The summed E-state index contributed by atoms with van der Waals surface area (Å²) in [4.78, 5) is 21.1. The Morgan fingerprint density at radius 1 is 1.12 bits per heavy atom. The van der Waals surface area contributed by atoms with E-state index in [1.807, 2.05) is 19.9 Å². The quantitative estimate of drug-likeness (QED) is 0.655. The van der Waals surface area contributed by atoms with E-state index in [9.17, 15) is 4.79 Å². The van der Waals surface area contributed by atoms with Crippen molar-refractivity contribution < 1.29 is 4.79 Å². The van der Waals surface area contributed by atoms with Crippen LogP contribution in [-0.4, -0.2) is 28.2 Å². The molecule has 4 aliphatic rings. The van der Waals surface area contributed by atoms with Gasteiger partial charge in [-0.05, 0) is 81.6 Å². The lowest BCUT2D eigenvalue weighted by molar-refractivity contribution is -0.120. The molecule has 5 rings (SSSR count). The van der Waals surface area contributed by atoms with Crippen molar-refractivity contribution in [2.75, 3.05) is 12.3 Å². The van der Waals surface area contributed by atoms with Gasteiger partial charge in [0.15, 0.2) is 5.16 Å². The second-order valence-corrected chi connectivity index (χ2v) is 9.36. The summed E-state index contributed by atoms with van der Waals surface area (Å²) in [6.45, 7) is 4.81. The molecule has 24 heavy (non-hydrogen) atoms. The topological polar surface area (TPSA) is 54.9 Å². The van der Waals surface area contributed by atoms with E-state index in [-0.39, 0.29) is 5.91 Å². The summed E-state index contributed by atoms with van der Waals surface area (Å²) in [6.07, 6.45) is 8.37. The Morgan fingerprint density at radius 2 is 1.67 bits per heavy atom. The molecule has 4 fully saturated rings. The molecule has 130 valence electrons. The highest BCUT2D eigenvalue weighted by atomic mass is 32.2. The normalized spacial score (nSPS) is 33.7. The summed E-state index contributed by atoms with van der Waals surface area (Å²) in [5, 5.41) is 3.93. The molecule has 4 nitrogen and oxygen atoms in total. The Morgan fingerprint density at radius 3 is 2.21 bits per heavy atom. The van der Waals surface area contributed by atoms with Crippen molar-refractivity contribution in [2.45, 2.75) is 57.5 Å². The Balaban J connectivity index is 1.29. The van der Waals surface area contributed by atoms with Crippen molar-refractivity contribution in [3.63, 3.8) is 0 Å². The predicted octanol–water partition coefficient (Wildman–Crippen LogP) is 3.52. The summed E-state index contributed by atoms with van der Waals surface area (Å²) in [5.74, 6) is 3.34.